The summed E-state index contributed by atoms with van der Waals surface area (Å²) in [6, 6.07) is 10.4. The number of anilines is 2. The monoisotopic (exact) mass is 286 g/mol. The number of methoxy groups -OCH3 is 2. The lowest BCUT2D eigenvalue weighted by molar-refractivity contribution is 0.102. The van der Waals surface area contributed by atoms with Crippen molar-refractivity contribution in [2.75, 3.05) is 25.3 Å². The number of hydrogen-bond donors (Lipinski definition) is 2. The van der Waals surface area contributed by atoms with E-state index in [0.29, 0.717) is 28.4 Å². The molecule has 0 radical (unpaired) electrons. The molecule has 0 aliphatic rings. The number of carbonyl (C=O) groups excluding carboxylic acids is 1. The van der Waals surface area contributed by atoms with Crippen LogP contribution < -0.4 is 20.5 Å². The molecule has 1 amide bonds. The fourth-order valence-corrected chi connectivity index (χ4v) is 2.04. The smallest absolute Gasteiger partial charge is 0.256 e. The summed E-state index contributed by atoms with van der Waals surface area (Å²) in [5.74, 6) is 0.983. The SMILES string of the molecule is COc1ccc(OC)c(NC(=O)c2ccc(N)cc2C)c1. The van der Waals surface area contributed by atoms with Crippen molar-refractivity contribution < 1.29 is 14.3 Å². The Hall–Kier alpha value is -2.69. The molecule has 0 aliphatic carbocycles. The molecule has 5 heteroatoms. The Bertz CT molecular complexity index is 669. The fraction of sp³-hybridized carbons (Fsp3) is 0.188. The van der Waals surface area contributed by atoms with E-state index in [2.05, 4.69) is 5.32 Å². The number of amides is 1. The zero-order valence-electron chi connectivity index (χ0n) is 12.3. The molecular formula is C16H18N2O3. The first-order chi connectivity index (χ1) is 10.0. The van der Waals surface area contributed by atoms with Crippen LogP contribution in [0.1, 0.15) is 15.9 Å². The van der Waals surface area contributed by atoms with Gasteiger partial charge in [-0.15, -0.1) is 0 Å². The molecule has 0 saturated heterocycles. The highest BCUT2D eigenvalue weighted by molar-refractivity contribution is 6.06. The molecule has 3 N–H and O–H groups in total. The van der Waals surface area contributed by atoms with E-state index in [1.54, 1.807) is 50.6 Å². The first-order valence-corrected chi connectivity index (χ1v) is 6.44. The van der Waals surface area contributed by atoms with Crippen molar-refractivity contribution in [2.24, 2.45) is 0 Å². The van der Waals surface area contributed by atoms with Gasteiger partial charge in [0.1, 0.15) is 11.5 Å². The van der Waals surface area contributed by atoms with Crippen LogP contribution >= 0.6 is 0 Å². The third-order valence-electron chi connectivity index (χ3n) is 3.15. The van der Waals surface area contributed by atoms with Gasteiger partial charge < -0.3 is 20.5 Å². The molecule has 2 aromatic rings. The minimum atomic E-state index is -0.223. The molecule has 21 heavy (non-hydrogen) atoms. The third kappa shape index (κ3) is 3.25. The average Bonchev–Trinajstić information content (AvgIpc) is 2.46. The van der Waals surface area contributed by atoms with E-state index in [0.717, 1.165) is 5.56 Å². The molecule has 2 aromatic carbocycles. The fourth-order valence-electron chi connectivity index (χ4n) is 2.04. The summed E-state index contributed by atoms with van der Waals surface area (Å²) in [4.78, 5) is 12.4. The molecule has 0 bridgehead atoms. The van der Waals surface area contributed by atoms with Crippen molar-refractivity contribution in [1.29, 1.82) is 0 Å². The molecule has 0 heterocycles. The Labute approximate surface area is 123 Å². The molecule has 0 saturated carbocycles. The Kier molecular flexibility index (Phi) is 4.33. The molecule has 5 nitrogen and oxygen atoms in total. The number of aryl methyl sites for hydroxylation is 1. The lowest BCUT2D eigenvalue weighted by Gasteiger charge is -2.13. The summed E-state index contributed by atoms with van der Waals surface area (Å²) >= 11 is 0. The van der Waals surface area contributed by atoms with Crippen LogP contribution in [0.4, 0.5) is 11.4 Å². The maximum atomic E-state index is 12.4. The van der Waals surface area contributed by atoms with E-state index >= 15 is 0 Å². The van der Waals surface area contributed by atoms with Crippen LogP contribution in [0, 0.1) is 6.92 Å². The zero-order chi connectivity index (χ0) is 15.4. The topological polar surface area (TPSA) is 73.6 Å². The number of nitrogens with one attached hydrogen (secondary N) is 1. The first-order valence-electron chi connectivity index (χ1n) is 6.44. The van der Waals surface area contributed by atoms with E-state index in [9.17, 15) is 4.79 Å². The molecule has 0 spiro atoms. The van der Waals surface area contributed by atoms with Crippen LogP contribution in [0.15, 0.2) is 36.4 Å². The van der Waals surface area contributed by atoms with E-state index in [-0.39, 0.29) is 5.91 Å². The van der Waals surface area contributed by atoms with Crippen LogP contribution in [0.5, 0.6) is 11.5 Å². The highest BCUT2D eigenvalue weighted by Crippen LogP contribution is 2.29. The number of nitrogens with two attached hydrogens (primary N) is 1. The minimum absolute atomic E-state index is 0.223. The van der Waals surface area contributed by atoms with E-state index in [1.807, 2.05) is 6.92 Å². The quantitative estimate of drug-likeness (QED) is 0.848. The Morgan fingerprint density at radius 2 is 1.86 bits per heavy atom. The molecule has 0 fully saturated rings. The Morgan fingerprint density at radius 3 is 2.48 bits per heavy atom. The van der Waals surface area contributed by atoms with Crippen molar-refractivity contribution in [3.05, 3.63) is 47.5 Å². The van der Waals surface area contributed by atoms with Crippen molar-refractivity contribution in [3.8, 4) is 11.5 Å². The number of ether oxygens (including phenoxy) is 2. The second-order valence-electron chi connectivity index (χ2n) is 4.59. The number of hydrogen-bond acceptors (Lipinski definition) is 4. The Morgan fingerprint density at radius 1 is 1.10 bits per heavy atom. The van der Waals surface area contributed by atoms with Gasteiger partial charge in [-0.25, -0.2) is 0 Å². The van der Waals surface area contributed by atoms with Crippen LogP contribution in [0.3, 0.4) is 0 Å². The van der Waals surface area contributed by atoms with Gasteiger partial charge in [0, 0.05) is 17.3 Å². The summed E-state index contributed by atoms with van der Waals surface area (Å²) in [7, 11) is 3.11. The average molecular weight is 286 g/mol. The standard InChI is InChI=1S/C16H18N2O3/c1-10-8-11(17)4-6-13(10)16(19)18-14-9-12(20-2)5-7-15(14)21-3/h4-9H,17H2,1-3H3,(H,18,19). The second-order valence-corrected chi connectivity index (χ2v) is 4.59. The van der Waals surface area contributed by atoms with Crippen LogP contribution in [0.2, 0.25) is 0 Å². The van der Waals surface area contributed by atoms with E-state index in [4.69, 9.17) is 15.2 Å². The third-order valence-corrected chi connectivity index (χ3v) is 3.15. The van der Waals surface area contributed by atoms with Gasteiger partial charge in [0.15, 0.2) is 0 Å². The molecule has 0 aliphatic heterocycles. The summed E-state index contributed by atoms with van der Waals surface area (Å²) in [5.41, 5.74) is 8.26. The van der Waals surface area contributed by atoms with Crippen molar-refractivity contribution in [3.63, 3.8) is 0 Å². The highest BCUT2D eigenvalue weighted by atomic mass is 16.5. The van der Waals surface area contributed by atoms with Gasteiger partial charge >= 0.3 is 0 Å². The molecule has 0 atom stereocenters. The Balaban J connectivity index is 2.30. The summed E-state index contributed by atoms with van der Waals surface area (Å²) < 4.78 is 10.4. The maximum Gasteiger partial charge on any atom is 0.256 e. The summed E-state index contributed by atoms with van der Waals surface area (Å²) in [5, 5.41) is 2.83. The van der Waals surface area contributed by atoms with Gasteiger partial charge in [0.25, 0.3) is 5.91 Å². The van der Waals surface area contributed by atoms with Gasteiger partial charge in [0.2, 0.25) is 0 Å². The van der Waals surface area contributed by atoms with Crippen molar-refractivity contribution in [1.82, 2.24) is 0 Å². The van der Waals surface area contributed by atoms with Crippen molar-refractivity contribution >= 4 is 17.3 Å². The molecule has 0 aromatic heterocycles. The van der Waals surface area contributed by atoms with Gasteiger partial charge in [-0.1, -0.05) is 0 Å². The minimum Gasteiger partial charge on any atom is -0.497 e. The number of benzene rings is 2. The highest BCUT2D eigenvalue weighted by Gasteiger charge is 2.13. The first kappa shape index (κ1) is 14.7. The second kappa shape index (κ2) is 6.17. The van der Waals surface area contributed by atoms with Crippen LogP contribution in [-0.4, -0.2) is 20.1 Å². The molecule has 0 unspecified atom stereocenters. The molecule has 110 valence electrons. The molecule has 2 rings (SSSR count). The number of carbonyl (C=O) groups is 1. The normalized spacial score (nSPS) is 10.0. The summed E-state index contributed by atoms with van der Waals surface area (Å²) in [6.45, 7) is 1.84. The maximum absolute atomic E-state index is 12.4. The van der Waals surface area contributed by atoms with Gasteiger partial charge in [-0.05, 0) is 42.8 Å². The van der Waals surface area contributed by atoms with E-state index in [1.165, 1.54) is 0 Å². The zero-order valence-corrected chi connectivity index (χ0v) is 12.3. The predicted molar refractivity (Wildman–Crippen MR) is 83.1 cm³/mol. The van der Waals surface area contributed by atoms with Gasteiger partial charge in [-0.2, -0.15) is 0 Å². The van der Waals surface area contributed by atoms with E-state index < -0.39 is 0 Å². The summed E-state index contributed by atoms with van der Waals surface area (Å²) in [6.07, 6.45) is 0. The van der Waals surface area contributed by atoms with Crippen LogP contribution in [0.25, 0.3) is 0 Å². The molecular weight excluding hydrogens is 268 g/mol. The van der Waals surface area contributed by atoms with Gasteiger partial charge in [0.05, 0.1) is 19.9 Å². The predicted octanol–water partition coefficient (Wildman–Crippen LogP) is 2.85. The number of nitrogen functional groups attached to an aromatic ring is 1. The van der Waals surface area contributed by atoms with Crippen LogP contribution in [-0.2, 0) is 0 Å². The largest absolute Gasteiger partial charge is 0.497 e. The van der Waals surface area contributed by atoms with Crippen molar-refractivity contribution in [2.45, 2.75) is 6.92 Å². The lowest BCUT2D eigenvalue weighted by Crippen LogP contribution is -2.14. The number of rotatable bonds is 4. The van der Waals surface area contributed by atoms with Gasteiger partial charge in [-0.3, -0.25) is 4.79 Å². The lowest BCUT2D eigenvalue weighted by atomic mass is 10.1.